The Morgan fingerprint density at radius 3 is 3.05 bits per heavy atom. The maximum atomic E-state index is 6.42. The standard InChI is InChI=1S/C16H20ClN3O/c1-11(12-3-2-4-14(17)7-12)20-10-19-8-15(20)16(18)13-5-6-21-9-13/h2-4,7-8,10-11,13,16H,5-6,9,18H2,1H3. The van der Waals surface area contributed by atoms with Crippen LogP contribution in [0.15, 0.2) is 36.8 Å². The molecular weight excluding hydrogens is 286 g/mol. The van der Waals surface area contributed by atoms with Crippen LogP contribution in [0.4, 0.5) is 0 Å². The van der Waals surface area contributed by atoms with Gasteiger partial charge in [-0.3, -0.25) is 0 Å². The average molecular weight is 306 g/mol. The van der Waals surface area contributed by atoms with E-state index in [1.165, 1.54) is 0 Å². The Labute approximate surface area is 129 Å². The van der Waals surface area contributed by atoms with Crippen molar-refractivity contribution in [3.05, 3.63) is 53.1 Å². The molecular formula is C16H20ClN3O. The van der Waals surface area contributed by atoms with Gasteiger partial charge >= 0.3 is 0 Å². The minimum Gasteiger partial charge on any atom is -0.381 e. The number of aromatic nitrogens is 2. The fourth-order valence-corrected chi connectivity index (χ4v) is 3.10. The van der Waals surface area contributed by atoms with Crippen LogP contribution in [0.3, 0.4) is 0 Å². The molecule has 1 aromatic heterocycles. The summed E-state index contributed by atoms with van der Waals surface area (Å²) < 4.78 is 7.58. The lowest BCUT2D eigenvalue weighted by Crippen LogP contribution is -2.25. The first-order valence-corrected chi connectivity index (χ1v) is 7.65. The van der Waals surface area contributed by atoms with Gasteiger partial charge < -0.3 is 15.0 Å². The third-order valence-corrected chi connectivity index (χ3v) is 4.49. The number of nitrogens with two attached hydrogens (primary N) is 1. The van der Waals surface area contributed by atoms with Crippen LogP contribution in [0, 0.1) is 5.92 Å². The smallest absolute Gasteiger partial charge is 0.0954 e. The largest absolute Gasteiger partial charge is 0.381 e. The summed E-state index contributed by atoms with van der Waals surface area (Å²) in [5.74, 6) is 0.368. The fourth-order valence-electron chi connectivity index (χ4n) is 2.90. The van der Waals surface area contributed by atoms with Crippen molar-refractivity contribution in [2.24, 2.45) is 11.7 Å². The van der Waals surface area contributed by atoms with Crippen LogP contribution in [0.2, 0.25) is 5.02 Å². The van der Waals surface area contributed by atoms with Crippen molar-refractivity contribution in [1.82, 2.24) is 9.55 Å². The van der Waals surface area contributed by atoms with Gasteiger partial charge in [0.25, 0.3) is 0 Å². The van der Waals surface area contributed by atoms with E-state index in [4.69, 9.17) is 22.1 Å². The Morgan fingerprint density at radius 2 is 2.33 bits per heavy atom. The summed E-state index contributed by atoms with van der Waals surface area (Å²) in [5, 5.41) is 0.745. The van der Waals surface area contributed by atoms with E-state index < -0.39 is 0 Å². The number of hydrogen-bond acceptors (Lipinski definition) is 3. The van der Waals surface area contributed by atoms with E-state index in [1.807, 2.05) is 30.7 Å². The average Bonchev–Trinajstić information content (AvgIpc) is 3.17. The molecule has 3 atom stereocenters. The van der Waals surface area contributed by atoms with Crippen LogP contribution < -0.4 is 5.73 Å². The number of hydrogen-bond donors (Lipinski definition) is 1. The Bertz CT molecular complexity index is 607. The van der Waals surface area contributed by atoms with Crippen LogP contribution >= 0.6 is 11.6 Å². The SMILES string of the molecule is CC(c1cccc(Cl)c1)n1cncc1C(N)C1CCOC1. The Balaban J connectivity index is 1.87. The van der Waals surface area contributed by atoms with Gasteiger partial charge in [-0.1, -0.05) is 23.7 Å². The molecule has 1 saturated heterocycles. The summed E-state index contributed by atoms with van der Waals surface area (Å²) in [5.41, 5.74) is 8.63. The molecule has 112 valence electrons. The van der Waals surface area contributed by atoms with Gasteiger partial charge in [-0.15, -0.1) is 0 Å². The highest BCUT2D eigenvalue weighted by Crippen LogP contribution is 2.30. The molecule has 1 aliphatic heterocycles. The van der Waals surface area contributed by atoms with Crippen molar-refractivity contribution < 1.29 is 4.74 Å². The first-order chi connectivity index (χ1) is 10.2. The quantitative estimate of drug-likeness (QED) is 0.944. The lowest BCUT2D eigenvalue weighted by atomic mass is 9.96. The van der Waals surface area contributed by atoms with Crippen molar-refractivity contribution in [1.29, 1.82) is 0 Å². The van der Waals surface area contributed by atoms with Crippen LogP contribution in [0.1, 0.15) is 36.7 Å². The van der Waals surface area contributed by atoms with E-state index in [-0.39, 0.29) is 12.1 Å². The second-order valence-electron chi connectivity index (χ2n) is 5.61. The number of benzene rings is 1. The van der Waals surface area contributed by atoms with E-state index in [0.717, 1.165) is 35.9 Å². The third-order valence-electron chi connectivity index (χ3n) is 4.26. The van der Waals surface area contributed by atoms with Crippen LogP contribution in [-0.4, -0.2) is 22.8 Å². The van der Waals surface area contributed by atoms with Gasteiger partial charge in [-0.05, 0) is 31.0 Å². The Kier molecular flexibility index (Phi) is 4.29. The maximum Gasteiger partial charge on any atom is 0.0954 e. The summed E-state index contributed by atoms with van der Waals surface area (Å²) in [6, 6.07) is 8.01. The first-order valence-electron chi connectivity index (χ1n) is 7.27. The minimum absolute atomic E-state index is 0.0448. The monoisotopic (exact) mass is 305 g/mol. The lowest BCUT2D eigenvalue weighted by molar-refractivity contribution is 0.180. The van der Waals surface area contributed by atoms with Crippen molar-refractivity contribution in [3.8, 4) is 0 Å². The third kappa shape index (κ3) is 2.98. The molecule has 1 fully saturated rings. The molecule has 0 radical (unpaired) electrons. The minimum atomic E-state index is -0.0448. The highest BCUT2D eigenvalue weighted by molar-refractivity contribution is 6.30. The highest BCUT2D eigenvalue weighted by Gasteiger charge is 2.27. The predicted molar refractivity (Wildman–Crippen MR) is 83.3 cm³/mol. The van der Waals surface area contributed by atoms with Gasteiger partial charge in [0, 0.05) is 23.7 Å². The zero-order valence-corrected chi connectivity index (χ0v) is 12.8. The topological polar surface area (TPSA) is 53.1 Å². The second kappa shape index (κ2) is 6.18. The summed E-state index contributed by atoms with van der Waals surface area (Å²) in [4.78, 5) is 4.29. The molecule has 1 aromatic carbocycles. The van der Waals surface area contributed by atoms with Gasteiger partial charge in [0.2, 0.25) is 0 Å². The number of ether oxygens (including phenoxy) is 1. The van der Waals surface area contributed by atoms with E-state index in [2.05, 4.69) is 22.5 Å². The van der Waals surface area contributed by atoms with E-state index >= 15 is 0 Å². The molecule has 0 spiro atoms. The molecule has 0 bridgehead atoms. The lowest BCUT2D eigenvalue weighted by Gasteiger charge is -2.23. The fraction of sp³-hybridized carbons (Fsp3) is 0.438. The number of nitrogens with zero attached hydrogens (tertiary/aromatic N) is 2. The molecule has 1 aliphatic rings. The van der Waals surface area contributed by atoms with E-state index in [0.29, 0.717) is 5.92 Å². The zero-order chi connectivity index (χ0) is 14.8. The molecule has 4 nitrogen and oxygen atoms in total. The van der Waals surface area contributed by atoms with Crippen LogP contribution in [-0.2, 0) is 4.74 Å². The maximum absolute atomic E-state index is 6.42. The summed E-state index contributed by atoms with van der Waals surface area (Å²) in [6.45, 7) is 3.67. The van der Waals surface area contributed by atoms with Crippen molar-refractivity contribution in [2.75, 3.05) is 13.2 Å². The molecule has 3 rings (SSSR count). The van der Waals surface area contributed by atoms with Crippen molar-refractivity contribution in [3.63, 3.8) is 0 Å². The Hall–Kier alpha value is -1.36. The predicted octanol–water partition coefficient (Wildman–Crippen LogP) is 3.18. The van der Waals surface area contributed by atoms with Gasteiger partial charge in [-0.2, -0.15) is 0 Å². The molecule has 0 aliphatic carbocycles. The summed E-state index contributed by atoms with van der Waals surface area (Å²) in [7, 11) is 0. The number of imidazole rings is 1. The number of rotatable bonds is 4. The molecule has 0 saturated carbocycles. The van der Waals surface area contributed by atoms with Gasteiger partial charge in [-0.25, -0.2) is 4.98 Å². The van der Waals surface area contributed by atoms with E-state index in [1.54, 1.807) is 0 Å². The molecule has 2 aromatic rings. The van der Waals surface area contributed by atoms with Crippen molar-refractivity contribution >= 4 is 11.6 Å². The van der Waals surface area contributed by atoms with E-state index in [9.17, 15) is 0 Å². The molecule has 5 heteroatoms. The highest BCUT2D eigenvalue weighted by atomic mass is 35.5. The summed E-state index contributed by atoms with van der Waals surface area (Å²) in [6.07, 6.45) is 4.72. The molecule has 2 N–H and O–H groups in total. The molecule has 21 heavy (non-hydrogen) atoms. The van der Waals surface area contributed by atoms with Crippen LogP contribution in [0.25, 0.3) is 0 Å². The van der Waals surface area contributed by atoms with Crippen LogP contribution in [0.5, 0.6) is 0 Å². The normalized spacial score (nSPS) is 21.4. The molecule has 3 unspecified atom stereocenters. The molecule has 2 heterocycles. The summed E-state index contributed by atoms with van der Waals surface area (Å²) >= 11 is 6.09. The molecule has 0 amide bonds. The second-order valence-corrected chi connectivity index (χ2v) is 6.04. The first kappa shape index (κ1) is 14.6. The van der Waals surface area contributed by atoms with Gasteiger partial charge in [0.1, 0.15) is 0 Å². The van der Waals surface area contributed by atoms with Gasteiger partial charge in [0.05, 0.1) is 30.7 Å². The van der Waals surface area contributed by atoms with Gasteiger partial charge in [0.15, 0.2) is 0 Å². The Morgan fingerprint density at radius 1 is 1.48 bits per heavy atom. The van der Waals surface area contributed by atoms with Crippen molar-refractivity contribution in [2.45, 2.75) is 25.4 Å². The zero-order valence-electron chi connectivity index (χ0n) is 12.1. The number of halogens is 1.